The van der Waals surface area contributed by atoms with E-state index >= 15 is 0 Å². The number of imidazole rings is 1. The average Bonchev–Trinajstić information content (AvgIpc) is 2.76. The van der Waals surface area contributed by atoms with Gasteiger partial charge in [0, 0.05) is 12.8 Å². The molecular weight excluding hydrogens is 214 g/mol. The molecule has 0 bridgehead atoms. The van der Waals surface area contributed by atoms with Crippen LogP contribution in [0.15, 0.2) is 0 Å². The molecule has 0 aliphatic carbocycles. The number of Topliss-reactive ketones (excluding diaryl/α,β-unsaturated/α-hetero) is 1. The highest BCUT2D eigenvalue weighted by Gasteiger charge is 2.16. The van der Waals surface area contributed by atoms with E-state index in [0.29, 0.717) is 17.8 Å². The first-order chi connectivity index (χ1) is 8.22. The van der Waals surface area contributed by atoms with Crippen molar-refractivity contribution in [2.45, 2.75) is 52.4 Å². The van der Waals surface area contributed by atoms with Crippen LogP contribution in [0.2, 0.25) is 0 Å². The summed E-state index contributed by atoms with van der Waals surface area (Å²) in [6, 6.07) is 2.01. The first-order valence-electron chi connectivity index (χ1n) is 6.25. The van der Waals surface area contributed by atoms with Crippen LogP contribution in [0, 0.1) is 11.3 Å². The van der Waals surface area contributed by atoms with Crippen LogP contribution in [0.5, 0.6) is 0 Å². The van der Waals surface area contributed by atoms with E-state index in [9.17, 15) is 4.79 Å². The van der Waals surface area contributed by atoms with Gasteiger partial charge in [0.25, 0.3) is 0 Å². The Morgan fingerprint density at radius 2 is 2.06 bits per heavy atom. The minimum Gasteiger partial charge on any atom is -0.333 e. The summed E-state index contributed by atoms with van der Waals surface area (Å²) in [5, 5.41) is 8.96. The number of hydrogen-bond acceptors (Lipinski definition) is 3. The Labute approximate surface area is 102 Å². The predicted octanol–water partition coefficient (Wildman–Crippen LogP) is 3.00. The molecule has 0 aromatic carbocycles. The molecule has 0 radical (unpaired) electrons. The van der Waals surface area contributed by atoms with Gasteiger partial charge < -0.3 is 4.98 Å². The molecule has 4 heteroatoms. The summed E-state index contributed by atoms with van der Waals surface area (Å²) < 4.78 is 0. The van der Waals surface area contributed by atoms with Gasteiger partial charge in [-0.05, 0) is 12.8 Å². The van der Waals surface area contributed by atoms with Gasteiger partial charge in [-0.2, -0.15) is 5.26 Å². The first-order valence-corrected chi connectivity index (χ1v) is 6.25. The van der Waals surface area contributed by atoms with Crippen LogP contribution in [0.25, 0.3) is 0 Å². The Kier molecular flexibility index (Phi) is 5.41. The topological polar surface area (TPSA) is 69.5 Å². The van der Waals surface area contributed by atoms with E-state index in [-0.39, 0.29) is 5.78 Å². The molecular formula is C13H19N3O. The van der Waals surface area contributed by atoms with Gasteiger partial charge in [-0.15, -0.1) is 0 Å². The summed E-state index contributed by atoms with van der Waals surface area (Å²) in [4.78, 5) is 19.0. The Morgan fingerprint density at radius 3 is 2.65 bits per heavy atom. The second-order valence-corrected chi connectivity index (χ2v) is 4.15. The van der Waals surface area contributed by atoms with Crippen molar-refractivity contribution >= 4 is 5.78 Å². The Bertz CT molecular complexity index is 415. The number of aryl methyl sites for hydroxylation is 1. The second-order valence-electron chi connectivity index (χ2n) is 4.15. The standard InChI is InChI=1S/C13H19N3O/c1-3-5-7-11(17)13-10(9-14)15-12(16-13)8-6-4-2/h3-8H2,1-2H3,(H,15,16). The molecule has 0 fully saturated rings. The summed E-state index contributed by atoms with van der Waals surface area (Å²) in [5.41, 5.74) is 0.643. The third-order valence-corrected chi connectivity index (χ3v) is 2.65. The molecule has 0 saturated carbocycles. The highest BCUT2D eigenvalue weighted by molar-refractivity contribution is 5.96. The van der Waals surface area contributed by atoms with E-state index in [1.165, 1.54) is 0 Å². The van der Waals surface area contributed by atoms with Gasteiger partial charge in [-0.3, -0.25) is 4.79 Å². The number of nitriles is 1. The van der Waals surface area contributed by atoms with Crippen molar-refractivity contribution in [1.82, 2.24) is 9.97 Å². The van der Waals surface area contributed by atoms with Crippen LogP contribution < -0.4 is 0 Å². The molecule has 0 spiro atoms. The van der Waals surface area contributed by atoms with Crippen LogP contribution in [-0.2, 0) is 6.42 Å². The summed E-state index contributed by atoms with van der Waals surface area (Å²) in [5.74, 6) is 0.727. The van der Waals surface area contributed by atoms with E-state index < -0.39 is 0 Å². The molecule has 1 rings (SSSR count). The number of nitrogens with one attached hydrogen (secondary N) is 1. The van der Waals surface area contributed by atoms with Gasteiger partial charge in [0.05, 0.1) is 0 Å². The zero-order chi connectivity index (χ0) is 12.7. The van der Waals surface area contributed by atoms with Crippen molar-refractivity contribution in [2.24, 2.45) is 0 Å². The summed E-state index contributed by atoms with van der Waals surface area (Å²) >= 11 is 0. The number of aromatic nitrogens is 2. The van der Waals surface area contributed by atoms with Crippen molar-refractivity contribution < 1.29 is 4.79 Å². The number of nitrogens with zero attached hydrogens (tertiary/aromatic N) is 2. The van der Waals surface area contributed by atoms with Gasteiger partial charge in [0.2, 0.25) is 0 Å². The second kappa shape index (κ2) is 6.85. The first kappa shape index (κ1) is 13.4. The molecule has 0 atom stereocenters. The number of unbranched alkanes of at least 4 members (excludes halogenated alkanes) is 2. The SMILES string of the molecule is CCCCC(=O)c1nc(CCCC)[nH]c1C#N. The lowest BCUT2D eigenvalue weighted by atomic mass is 10.1. The van der Waals surface area contributed by atoms with Crippen molar-refractivity contribution in [2.75, 3.05) is 0 Å². The van der Waals surface area contributed by atoms with Gasteiger partial charge >= 0.3 is 0 Å². The molecule has 0 unspecified atom stereocenters. The molecule has 17 heavy (non-hydrogen) atoms. The monoisotopic (exact) mass is 233 g/mol. The molecule has 1 heterocycles. The van der Waals surface area contributed by atoms with Crippen LogP contribution in [-0.4, -0.2) is 15.8 Å². The van der Waals surface area contributed by atoms with Crippen LogP contribution in [0.4, 0.5) is 0 Å². The van der Waals surface area contributed by atoms with Crippen LogP contribution >= 0.6 is 0 Å². The normalized spacial score (nSPS) is 10.2. The molecule has 4 nitrogen and oxygen atoms in total. The lowest BCUT2D eigenvalue weighted by molar-refractivity contribution is 0.0975. The molecule has 0 aliphatic rings. The molecule has 1 N–H and O–H groups in total. The molecule has 92 valence electrons. The predicted molar refractivity (Wildman–Crippen MR) is 65.8 cm³/mol. The summed E-state index contributed by atoms with van der Waals surface area (Å²) in [7, 11) is 0. The molecule has 0 amide bonds. The number of H-pyrrole nitrogens is 1. The average molecular weight is 233 g/mol. The number of carbonyl (C=O) groups excluding carboxylic acids is 1. The van der Waals surface area contributed by atoms with E-state index in [1.54, 1.807) is 0 Å². The van der Waals surface area contributed by atoms with Gasteiger partial charge in [-0.1, -0.05) is 26.7 Å². The fourth-order valence-corrected chi connectivity index (χ4v) is 1.62. The largest absolute Gasteiger partial charge is 0.333 e. The van der Waals surface area contributed by atoms with E-state index in [4.69, 9.17) is 5.26 Å². The number of hydrogen-bond donors (Lipinski definition) is 1. The van der Waals surface area contributed by atoms with Crippen molar-refractivity contribution in [3.05, 3.63) is 17.2 Å². The Balaban J connectivity index is 2.79. The zero-order valence-corrected chi connectivity index (χ0v) is 10.5. The third kappa shape index (κ3) is 3.70. The number of rotatable bonds is 7. The maximum absolute atomic E-state index is 11.8. The summed E-state index contributed by atoms with van der Waals surface area (Å²) in [6.45, 7) is 4.14. The Morgan fingerprint density at radius 1 is 1.35 bits per heavy atom. The van der Waals surface area contributed by atoms with E-state index in [0.717, 1.165) is 37.9 Å². The minimum atomic E-state index is -0.0256. The molecule has 1 aromatic rings. The van der Waals surface area contributed by atoms with E-state index in [2.05, 4.69) is 16.9 Å². The maximum atomic E-state index is 11.8. The number of carbonyl (C=O) groups is 1. The highest BCUT2D eigenvalue weighted by Crippen LogP contribution is 2.11. The van der Waals surface area contributed by atoms with Gasteiger partial charge in [0.1, 0.15) is 23.3 Å². The summed E-state index contributed by atoms with van der Waals surface area (Å²) in [6.07, 6.45) is 5.18. The van der Waals surface area contributed by atoms with Gasteiger partial charge in [0.15, 0.2) is 5.78 Å². The number of aromatic amines is 1. The smallest absolute Gasteiger partial charge is 0.184 e. The highest BCUT2D eigenvalue weighted by atomic mass is 16.1. The van der Waals surface area contributed by atoms with Gasteiger partial charge in [-0.25, -0.2) is 4.98 Å². The molecule has 0 saturated heterocycles. The Hall–Kier alpha value is -1.63. The minimum absolute atomic E-state index is 0.0256. The van der Waals surface area contributed by atoms with Crippen molar-refractivity contribution in [1.29, 1.82) is 5.26 Å². The number of ketones is 1. The fourth-order valence-electron chi connectivity index (χ4n) is 1.62. The quantitative estimate of drug-likeness (QED) is 0.736. The van der Waals surface area contributed by atoms with Crippen LogP contribution in [0.3, 0.4) is 0 Å². The van der Waals surface area contributed by atoms with Crippen LogP contribution in [0.1, 0.15) is 68.0 Å². The lowest BCUT2D eigenvalue weighted by Crippen LogP contribution is -2.02. The third-order valence-electron chi connectivity index (χ3n) is 2.65. The molecule has 0 aliphatic heterocycles. The van der Waals surface area contributed by atoms with Crippen molar-refractivity contribution in [3.63, 3.8) is 0 Å². The molecule has 1 aromatic heterocycles. The maximum Gasteiger partial charge on any atom is 0.184 e. The zero-order valence-electron chi connectivity index (χ0n) is 10.5. The van der Waals surface area contributed by atoms with E-state index in [1.807, 2.05) is 13.0 Å². The lowest BCUT2D eigenvalue weighted by Gasteiger charge is -1.95. The van der Waals surface area contributed by atoms with Crippen molar-refractivity contribution in [3.8, 4) is 6.07 Å². The fraction of sp³-hybridized carbons (Fsp3) is 0.615.